The second-order valence-corrected chi connectivity index (χ2v) is 23.8. The highest BCUT2D eigenvalue weighted by Gasteiger charge is 2.89. The molecule has 18 nitrogen and oxygen atoms in total. The van der Waals surface area contributed by atoms with E-state index in [1.54, 1.807) is 0 Å². The lowest BCUT2D eigenvalue weighted by Gasteiger charge is -2.39. The molecule has 6 amide bonds. The minimum absolute atomic E-state index is 0.416. The summed E-state index contributed by atoms with van der Waals surface area (Å²) in [6, 6.07) is -7.28. The highest BCUT2D eigenvalue weighted by Crippen LogP contribution is 2.62. The Hall–Kier alpha value is -8.29. The van der Waals surface area contributed by atoms with E-state index in [9.17, 15) is 223 Å². The van der Waals surface area contributed by atoms with Crippen molar-refractivity contribution in [2.75, 3.05) is 19.8 Å². The number of likely N-dealkylation sites (tertiary alicyclic amines) is 2. The molecule has 0 aromatic heterocycles. The Balaban J connectivity index is 0.000000364. The molecule has 0 spiro atoms. The Morgan fingerprint density at radius 3 is 0.948 bits per heavy atom. The number of hydrogen-bond donors (Lipinski definition) is 0. The number of amides is 6. The first-order chi connectivity index (χ1) is 50.5. The van der Waals surface area contributed by atoms with E-state index >= 15 is 22.0 Å². The maximum Gasteiger partial charge on any atom is 0.454 e. The molecule has 2 saturated heterocycles. The molecular weight excluding hydrogens is 1770 g/mol. The van der Waals surface area contributed by atoms with Gasteiger partial charge in [-0.05, 0) is 32.6 Å². The Bertz CT molecular complexity index is 3900. The molecule has 0 bridgehead atoms. The van der Waals surface area contributed by atoms with Crippen LogP contribution < -0.4 is 0 Å². The minimum Gasteiger partial charge on any atom is -0.458 e. The maximum atomic E-state index is 15.1. The molecule has 0 radical (unpaired) electrons. The van der Waals surface area contributed by atoms with E-state index in [0.717, 1.165) is 0 Å². The average Bonchev–Trinajstić information content (AvgIpc) is 1.52. The first-order valence-corrected chi connectivity index (χ1v) is 28.6. The monoisotopic (exact) mass is 1800 g/mol. The van der Waals surface area contributed by atoms with Crippen molar-refractivity contribution in [3.63, 3.8) is 0 Å². The fourth-order valence-corrected chi connectivity index (χ4v) is 10.3. The van der Waals surface area contributed by atoms with Crippen molar-refractivity contribution < 1.29 is 274 Å². The van der Waals surface area contributed by atoms with E-state index in [0.29, 0.717) is 6.92 Å². The summed E-state index contributed by atoms with van der Waals surface area (Å²) >= 11 is 0. The van der Waals surface area contributed by atoms with Crippen LogP contribution >= 0.6 is 0 Å². The number of carbonyl (C=O) groups excluding carboxylic acids is 9. The van der Waals surface area contributed by atoms with E-state index in [2.05, 4.69) is 28.4 Å². The molecule has 6 rings (SSSR count). The number of carbonyl (C=O) groups is 9. The fraction of sp³-hybridized carbons (Fsp3) is 0.706. The van der Waals surface area contributed by atoms with Gasteiger partial charge in [0.15, 0.2) is 43.1 Å². The second-order valence-electron chi connectivity index (χ2n) is 23.8. The van der Waals surface area contributed by atoms with Crippen LogP contribution in [0.25, 0.3) is 0 Å². The summed E-state index contributed by atoms with van der Waals surface area (Å²) in [4.78, 5) is 104. The third kappa shape index (κ3) is 18.5. The Morgan fingerprint density at radius 2 is 0.670 bits per heavy atom. The van der Waals surface area contributed by atoms with Gasteiger partial charge in [0.2, 0.25) is 17.4 Å². The largest absolute Gasteiger partial charge is 0.458 e. The van der Waals surface area contributed by atoms with Crippen molar-refractivity contribution in [2.45, 2.75) is 202 Å². The van der Waals surface area contributed by atoms with Crippen LogP contribution in [0, 0.1) is 23.3 Å². The summed E-state index contributed by atoms with van der Waals surface area (Å²) in [6.45, 7) is -9.65. The molecule has 2 saturated carbocycles. The standard InChI is InChI=1S/C17H10F17NO5.C17H11F16NO5.C17H8F13NO5/c18-9-2-1-3-10(19,20)14(9,27)7(37)35(6(9)36)15(28,17(32,33)34)8(38)39-5-11(21,16(29,30)31)40-13(25,26)4-12(22,23)24;18-10-2-1-3-11(19,20)15(10,27)9(37)34(8(10)36)6(16(28,29)30)7(35)38-5-12(21,17(31,32)33)39-14(25,26)4-13(22,23)24;1-4(31-11(32)5-6(12(31)33)8(19)10(21)9(20)7(5)18)13(34)35-3-14(22,17(28,29)30)36-16(26,27)2-15(23,24)25/h1-5H2;6H,1-5H2;4H,2-3H2,1H3/t;6-,10?,12?,15?;4-,14?/m.10/s1. The highest BCUT2D eigenvalue weighted by molar-refractivity contribution is 6.23. The van der Waals surface area contributed by atoms with Gasteiger partial charge in [-0.15, -0.1) is 0 Å². The quantitative estimate of drug-likeness (QED) is 0.0213. The lowest BCUT2D eigenvalue weighted by Crippen LogP contribution is -2.66. The summed E-state index contributed by atoms with van der Waals surface area (Å²) in [7, 11) is 0. The van der Waals surface area contributed by atoms with E-state index in [-0.39, 0.29) is 0 Å². The summed E-state index contributed by atoms with van der Waals surface area (Å²) < 4.78 is 632. The third-order valence-corrected chi connectivity index (χ3v) is 15.5. The van der Waals surface area contributed by atoms with Crippen LogP contribution in [0.3, 0.4) is 0 Å². The van der Waals surface area contributed by atoms with E-state index in [4.69, 9.17) is 0 Å². The zero-order valence-electron chi connectivity index (χ0n) is 53.5. The molecule has 2 aliphatic carbocycles. The summed E-state index contributed by atoms with van der Waals surface area (Å²) in [6.07, 6.45) is -90.0. The number of esters is 3. The van der Waals surface area contributed by atoms with Crippen molar-refractivity contribution in [3.05, 3.63) is 34.4 Å². The van der Waals surface area contributed by atoms with Crippen molar-refractivity contribution in [1.82, 2.24) is 14.7 Å². The molecule has 10 atom stereocenters. The van der Waals surface area contributed by atoms with Gasteiger partial charge in [0.05, 0.1) is 11.1 Å². The molecule has 3 heterocycles. The summed E-state index contributed by atoms with van der Waals surface area (Å²) in [5, 5.41) is 0. The van der Waals surface area contributed by atoms with Gasteiger partial charge < -0.3 is 14.2 Å². The van der Waals surface area contributed by atoms with Crippen molar-refractivity contribution in [1.29, 1.82) is 0 Å². The van der Waals surface area contributed by atoms with Crippen LogP contribution in [0.5, 0.6) is 0 Å². The minimum atomic E-state index is -7.22. The van der Waals surface area contributed by atoms with Crippen molar-refractivity contribution >= 4 is 53.4 Å². The fourth-order valence-electron chi connectivity index (χ4n) is 10.3. The molecule has 64 heteroatoms. The van der Waals surface area contributed by atoms with Gasteiger partial charge in [-0.2, -0.15) is 149 Å². The topological polar surface area (TPSA) is 219 Å². The molecule has 660 valence electrons. The zero-order valence-corrected chi connectivity index (χ0v) is 53.5. The van der Waals surface area contributed by atoms with Crippen LogP contribution in [-0.4, -0.2) is 226 Å². The van der Waals surface area contributed by atoms with Crippen LogP contribution in [0.1, 0.15) is 85.4 Å². The molecule has 115 heavy (non-hydrogen) atoms. The predicted octanol–water partition coefficient (Wildman–Crippen LogP) is 14.6. The third-order valence-electron chi connectivity index (χ3n) is 15.5. The van der Waals surface area contributed by atoms with E-state index in [1.165, 1.54) is 0 Å². The molecule has 5 aliphatic rings. The molecule has 8 unspecified atom stereocenters. The first kappa shape index (κ1) is 99.1. The van der Waals surface area contributed by atoms with E-state index < -0.39 is 318 Å². The van der Waals surface area contributed by atoms with Gasteiger partial charge in [0.1, 0.15) is 25.3 Å². The van der Waals surface area contributed by atoms with Gasteiger partial charge in [-0.1, -0.05) is 0 Å². The second kappa shape index (κ2) is 30.3. The number of nitrogens with zero attached hydrogens (tertiary/aromatic N) is 3. The SMILES string of the molecule is C[C@@H](C(=O)OCC(F)(OC(F)(F)CC(F)(F)F)C(F)(F)F)N1C(=O)c2c(F)c(F)c(F)c(F)c2C1=O.O=C(OCC(F)(OC(F)(F)CC(F)(F)F)C(F)(F)F)[C@@H](N1C(=O)C2(F)CCCC(F)(F)C2(F)C1=O)C(F)(F)F.O=C1N(C(F)(C(=O)OCC(F)(OC(F)(F)CC(F)(F)F)C(F)(F)F)C(F)(F)F)C(=O)C2(F)C(F)(F)CCCC12F. The molecule has 3 aliphatic heterocycles. The molecule has 0 N–H and O–H groups in total. The number of benzene rings is 1. The van der Waals surface area contributed by atoms with Gasteiger partial charge in [-0.3, -0.25) is 52.8 Å². The van der Waals surface area contributed by atoms with Crippen LogP contribution in [0.15, 0.2) is 0 Å². The number of halogens is 46. The van der Waals surface area contributed by atoms with Crippen LogP contribution in [0.2, 0.25) is 0 Å². The van der Waals surface area contributed by atoms with Crippen LogP contribution in [0.4, 0.5) is 202 Å². The average molecular weight is 1800 g/mol. The van der Waals surface area contributed by atoms with E-state index in [1.807, 2.05) is 0 Å². The molecule has 1 aromatic rings. The maximum absolute atomic E-state index is 15.1. The smallest absolute Gasteiger partial charge is 0.454 e. The van der Waals surface area contributed by atoms with Gasteiger partial charge >= 0.3 is 109 Å². The number of ether oxygens (including phenoxy) is 6. The number of hydrogen-bond acceptors (Lipinski definition) is 15. The van der Waals surface area contributed by atoms with Crippen LogP contribution in [-0.2, 0) is 62.0 Å². The molecule has 4 fully saturated rings. The first-order valence-electron chi connectivity index (χ1n) is 28.6. The number of imide groups is 3. The van der Waals surface area contributed by atoms with Crippen molar-refractivity contribution in [3.8, 4) is 0 Å². The Labute approximate surface area is 598 Å². The summed E-state index contributed by atoms with van der Waals surface area (Å²) in [5.74, 6) is -72.8. The normalized spacial score (nSPS) is 25.2. The molecular formula is C51H29F46N3O15. The summed E-state index contributed by atoms with van der Waals surface area (Å²) in [5.41, 5.74) is -24.1. The van der Waals surface area contributed by atoms with Crippen molar-refractivity contribution in [2.24, 2.45) is 0 Å². The van der Waals surface area contributed by atoms with Gasteiger partial charge in [-0.25, -0.2) is 72.0 Å². The number of alkyl halides is 42. The predicted molar refractivity (Wildman–Crippen MR) is 255 cm³/mol. The zero-order chi connectivity index (χ0) is 90.8. The highest BCUT2D eigenvalue weighted by atomic mass is 19.5. The number of rotatable bonds is 21. The number of fused-ring (bicyclic) bond motifs is 3. The van der Waals surface area contributed by atoms with Gasteiger partial charge in [0, 0.05) is 12.8 Å². The molecule has 1 aromatic carbocycles. The Morgan fingerprint density at radius 1 is 0.374 bits per heavy atom. The Kier molecular flexibility index (Phi) is 26.1. The lowest BCUT2D eigenvalue weighted by atomic mass is 9.73. The van der Waals surface area contributed by atoms with Gasteiger partial charge in [0.25, 0.3) is 58.6 Å². The lowest BCUT2D eigenvalue weighted by molar-refractivity contribution is -0.429.